The van der Waals surface area contributed by atoms with Gasteiger partial charge in [-0.2, -0.15) is 10.5 Å². The highest BCUT2D eigenvalue weighted by Gasteiger charge is 2.63. The van der Waals surface area contributed by atoms with Gasteiger partial charge in [-0.15, -0.1) is 0 Å². The third kappa shape index (κ3) is 17.7. The van der Waals surface area contributed by atoms with Crippen LogP contribution in [0, 0.1) is 56.8 Å². The first-order chi connectivity index (χ1) is 44.6. The summed E-state index contributed by atoms with van der Waals surface area (Å²) in [6.45, 7) is 15.9. The van der Waals surface area contributed by atoms with Crippen LogP contribution < -0.4 is 30.7 Å². The number of aliphatic carboxylic acids is 1. The van der Waals surface area contributed by atoms with Gasteiger partial charge < -0.3 is 50.8 Å². The first-order valence-corrected chi connectivity index (χ1v) is 31.5. The normalized spacial score (nSPS) is 22.0. The molecule has 0 spiro atoms. The molecule has 3 aliphatic heterocycles. The van der Waals surface area contributed by atoms with E-state index < -0.39 is 111 Å². The lowest BCUT2D eigenvalue weighted by atomic mass is 9.62. The molecule has 3 heterocycles. The van der Waals surface area contributed by atoms with Crippen LogP contribution in [0.1, 0.15) is 142 Å². The van der Waals surface area contributed by atoms with E-state index in [1.807, 2.05) is 41.5 Å². The fourth-order valence-electron chi connectivity index (χ4n) is 12.4. The molecule has 0 aliphatic carbocycles. The standard InChI is InChI=1S/2C31H29Cl2F2N3O4.C6H12O.C2H4O2/c2*1-30(2,3)14-24-31(15-36,19-10-9-17(32)13-21(19)34)25(18-6-5-7-20(33)26(18)35)27(38-24)28(39)37-22-11-8-16(29(40)41)12-23(22)42-4;1-2-6-4-3-5-7-6;1-2(3)4/h2*5-13,24-25,27,38H,14H2,1-4H3,(H,37,39)(H,40,41);6H,2-5H2,1H3;1H3,(H,3,4)/t2*24-,25-,27+,31-;;/m00../s1. The predicted octanol–water partition coefficient (Wildman–Crippen LogP) is 15.5. The summed E-state index contributed by atoms with van der Waals surface area (Å²) in [7, 11) is 2.63. The Hall–Kier alpha value is -7.99. The number of nitrogens with one attached hydrogen (secondary N) is 4. The topological polar surface area (TPSA) is 269 Å². The number of nitrogens with zero attached hydrogens (tertiary/aromatic N) is 2. The van der Waals surface area contributed by atoms with Crippen LogP contribution in [-0.2, 0) is 30.0 Å². The Morgan fingerprint density at radius 3 is 1.28 bits per heavy atom. The zero-order valence-corrected chi connectivity index (χ0v) is 56.7. The Morgan fingerprint density at radius 2 is 1.00 bits per heavy atom. The van der Waals surface area contributed by atoms with Gasteiger partial charge in [-0.25, -0.2) is 27.2 Å². The highest BCUT2D eigenvalue weighted by atomic mass is 35.5. The van der Waals surface area contributed by atoms with Crippen LogP contribution >= 0.6 is 46.4 Å². The van der Waals surface area contributed by atoms with Crippen molar-refractivity contribution in [2.24, 2.45) is 10.8 Å². The summed E-state index contributed by atoms with van der Waals surface area (Å²) in [5.74, 6) is -10.1. The molecule has 0 saturated carbocycles. The second-order valence-corrected chi connectivity index (χ2v) is 27.0. The van der Waals surface area contributed by atoms with E-state index >= 15 is 17.6 Å². The molecule has 9 atom stereocenters. The van der Waals surface area contributed by atoms with Crippen molar-refractivity contribution in [1.82, 2.24) is 10.6 Å². The van der Waals surface area contributed by atoms with Gasteiger partial charge in [0.1, 0.15) is 45.6 Å². The third-order valence-corrected chi connectivity index (χ3v) is 17.4. The number of rotatable bonds is 15. The molecule has 3 saturated heterocycles. The smallest absolute Gasteiger partial charge is 0.335 e. The minimum absolute atomic E-state index is 0.0424. The molecule has 6 aromatic rings. The van der Waals surface area contributed by atoms with E-state index in [-0.39, 0.29) is 76.3 Å². The van der Waals surface area contributed by atoms with Gasteiger partial charge in [0.15, 0.2) is 0 Å². The fourth-order valence-corrected chi connectivity index (χ4v) is 13.0. The van der Waals surface area contributed by atoms with E-state index in [0.717, 1.165) is 25.7 Å². The van der Waals surface area contributed by atoms with E-state index in [2.05, 4.69) is 40.3 Å². The summed E-state index contributed by atoms with van der Waals surface area (Å²) in [6.07, 6.45) is 4.97. The largest absolute Gasteiger partial charge is 0.495 e. The number of aromatic carboxylic acids is 2. The maximum atomic E-state index is 15.8. The van der Waals surface area contributed by atoms with Gasteiger partial charge in [0.05, 0.1) is 77.1 Å². The summed E-state index contributed by atoms with van der Waals surface area (Å²) < 4.78 is 79.0. The number of amides is 2. The molecule has 0 aromatic heterocycles. The summed E-state index contributed by atoms with van der Waals surface area (Å²) in [5, 5.41) is 59.6. The third-order valence-electron chi connectivity index (χ3n) is 16.4. The summed E-state index contributed by atoms with van der Waals surface area (Å²) in [6, 6.07) is 24.6. The first kappa shape index (κ1) is 76.0. The number of hydrogen-bond donors (Lipinski definition) is 7. The van der Waals surface area contributed by atoms with Crippen LogP contribution in [0.4, 0.5) is 28.9 Å². The highest BCUT2D eigenvalue weighted by molar-refractivity contribution is 6.31. The maximum Gasteiger partial charge on any atom is 0.335 e. The van der Waals surface area contributed by atoms with Crippen LogP contribution in [0.5, 0.6) is 11.5 Å². The minimum Gasteiger partial charge on any atom is -0.495 e. The number of benzene rings is 6. The molecule has 95 heavy (non-hydrogen) atoms. The van der Waals surface area contributed by atoms with Crippen molar-refractivity contribution in [3.05, 3.63) is 186 Å². The number of anilines is 2. The van der Waals surface area contributed by atoms with Crippen LogP contribution in [0.25, 0.3) is 0 Å². The number of carboxylic acid groups (broad SMARTS) is 3. The molecule has 1 unspecified atom stereocenters. The zero-order valence-electron chi connectivity index (χ0n) is 53.7. The fraction of sp³-hybridized carbons (Fsp3) is 0.386. The van der Waals surface area contributed by atoms with Crippen LogP contribution in [0.3, 0.4) is 0 Å². The molecule has 6 aromatic carbocycles. The number of methoxy groups -OCH3 is 2. The van der Waals surface area contributed by atoms with Gasteiger partial charge in [-0.3, -0.25) is 14.4 Å². The molecule has 17 nitrogen and oxygen atoms in total. The van der Waals surface area contributed by atoms with Gasteiger partial charge in [-0.05, 0) is 127 Å². The average molecular weight is 1390 g/mol. The lowest BCUT2D eigenvalue weighted by molar-refractivity contribution is -0.134. The SMILES string of the molecule is CC(=O)O.CCC1CCCO1.COc1cc(C(=O)O)ccc1NC(=O)[C@@H]1N[C@@H](CC(C)(C)C)[C@](C#N)(c2ccc(Cl)cc2F)[C@H]1c1cccc(Cl)c1F.COc1cc(C(=O)O)ccc1NC(=O)[C@@H]1N[C@@H](CC(C)(C)C)[C@](C#N)(c2ccc(Cl)cc2F)[C@H]1c1cccc(Cl)c1F. The Bertz CT molecular complexity index is 3670. The second kappa shape index (κ2) is 32.2. The van der Waals surface area contributed by atoms with Gasteiger partial charge in [0.25, 0.3) is 5.97 Å². The molecule has 0 bridgehead atoms. The average Bonchev–Trinajstić information content (AvgIpc) is 1.60. The van der Waals surface area contributed by atoms with Crippen LogP contribution in [0.15, 0.2) is 109 Å². The van der Waals surface area contributed by atoms with E-state index in [1.54, 1.807) is 0 Å². The molecule has 3 aliphatic rings. The number of nitriles is 2. The number of carboxylic acids is 3. The molecule has 9 rings (SSSR count). The van der Waals surface area contributed by atoms with Crippen molar-refractivity contribution in [3.63, 3.8) is 0 Å². The van der Waals surface area contributed by atoms with Crippen molar-refractivity contribution in [3.8, 4) is 23.6 Å². The molecule has 7 N–H and O–H groups in total. The number of carbonyl (C=O) groups excluding carboxylic acids is 2. The predicted molar refractivity (Wildman–Crippen MR) is 355 cm³/mol. The van der Waals surface area contributed by atoms with Crippen molar-refractivity contribution in [1.29, 1.82) is 10.5 Å². The molecule has 0 radical (unpaired) electrons. The lowest BCUT2D eigenvalue weighted by Gasteiger charge is -2.37. The lowest BCUT2D eigenvalue weighted by Crippen LogP contribution is -2.45. The summed E-state index contributed by atoms with van der Waals surface area (Å²) >= 11 is 24.5. The summed E-state index contributed by atoms with van der Waals surface area (Å²) in [5.41, 5.74) is -4.37. The highest BCUT2D eigenvalue weighted by Crippen LogP contribution is 2.55. The summed E-state index contributed by atoms with van der Waals surface area (Å²) in [4.78, 5) is 60.0. The monoisotopic (exact) mass is 1390 g/mol. The number of halogens is 8. The van der Waals surface area contributed by atoms with Crippen LogP contribution in [-0.4, -0.2) is 96.1 Å². The van der Waals surface area contributed by atoms with E-state index in [1.165, 1.54) is 131 Å². The van der Waals surface area contributed by atoms with Gasteiger partial charge in [0.2, 0.25) is 11.8 Å². The molecule has 3 fully saturated rings. The van der Waals surface area contributed by atoms with Crippen molar-refractivity contribution in [2.75, 3.05) is 31.5 Å². The second-order valence-electron chi connectivity index (χ2n) is 25.4. The Morgan fingerprint density at radius 1 is 0.621 bits per heavy atom. The zero-order chi connectivity index (χ0) is 70.7. The number of carbonyl (C=O) groups is 5. The van der Waals surface area contributed by atoms with E-state index in [9.17, 15) is 39.9 Å². The Balaban J connectivity index is 0.000000259. The van der Waals surface area contributed by atoms with E-state index in [4.69, 9.17) is 70.5 Å². The molecule has 2 amide bonds. The van der Waals surface area contributed by atoms with Crippen molar-refractivity contribution in [2.45, 2.75) is 140 Å². The molecule has 25 heteroatoms. The Labute approximate surface area is 569 Å². The van der Waals surface area contributed by atoms with Gasteiger partial charge in [-0.1, -0.05) is 131 Å². The van der Waals surface area contributed by atoms with Crippen molar-refractivity contribution < 1.29 is 71.1 Å². The minimum atomic E-state index is -1.78. The molecular formula is C70H74Cl4F4N6O11. The quantitative estimate of drug-likeness (QED) is 0.0471. The van der Waals surface area contributed by atoms with E-state index in [0.29, 0.717) is 18.9 Å². The first-order valence-electron chi connectivity index (χ1n) is 30.0. The molecular weight excluding hydrogens is 1320 g/mol. The maximum absolute atomic E-state index is 15.8. The van der Waals surface area contributed by atoms with Gasteiger partial charge >= 0.3 is 11.9 Å². The van der Waals surface area contributed by atoms with Crippen molar-refractivity contribution >= 4 is 87.5 Å². The Kier molecular flexibility index (Phi) is 25.7. The number of ether oxygens (including phenoxy) is 3. The van der Waals surface area contributed by atoms with Gasteiger partial charge in [0, 0.05) is 58.6 Å². The number of hydrogen-bond acceptors (Lipinski definition) is 12. The molecule has 506 valence electrons. The van der Waals surface area contributed by atoms with Crippen LogP contribution in [0.2, 0.25) is 20.1 Å².